The van der Waals surface area contributed by atoms with Gasteiger partial charge in [0.1, 0.15) is 5.60 Å². The Labute approximate surface area is 164 Å². The Morgan fingerprint density at radius 3 is 2.33 bits per heavy atom. The number of anilines is 1. The second kappa shape index (κ2) is 7.17. The Kier molecular flexibility index (Phi) is 4.86. The Morgan fingerprint density at radius 2 is 1.78 bits per heavy atom. The fourth-order valence-electron chi connectivity index (χ4n) is 4.01. The van der Waals surface area contributed by atoms with Crippen molar-refractivity contribution in [1.29, 1.82) is 0 Å². The summed E-state index contributed by atoms with van der Waals surface area (Å²) in [7, 11) is 0. The zero-order chi connectivity index (χ0) is 19.0. The van der Waals surface area contributed by atoms with Crippen LogP contribution in [0.1, 0.15) is 54.6 Å². The molecule has 1 heterocycles. The van der Waals surface area contributed by atoms with E-state index >= 15 is 0 Å². The molecule has 1 aromatic carbocycles. The molecule has 2 aromatic rings. The standard InChI is InChI=1S/C21H25N3O2S/c1-21(2,26)18-10-9-15(12-22-18)27-24-20(25)23-19-16-7-3-5-13(16)11-14-6-4-8-17(14)19/h9-12,26H,3-8H2,1-2H3,(H2,23,24,25). The van der Waals surface area contributed by atoms with Crippen LogP contribution in [0, 0.1) is 0 Å². The summed E-state index contributed by atoms with van der Waals surface area (Å²) in [6.45, 7) is 3.40. The molecule has 0 spiro atoms. The molecule has 5 nitrogen and oxygen atoms in total. The summed E-state index contributed by atoms with van der Waals surface area (Å²) in [6, 6.07) is 5.78. The molecule has 6 heteroatoms. The molecule has 27 heavy (non-hydrogen) atoms. The number of hydrogen-bond acceptors (Lipinski definition) is 4. The van der Waals surface area contributed by atoms with E-state index in [1.807, 2.05) is 6.07 Å². The van der Waals surface area contributed by atoms with Crippen LogP contribution < -0.4 is 10.0 Å². The van der Waals surface area contributed by atoms with Crippen molar-refractivity contribution in [2.45, 2.75) is 62.9 Å². The molecule has 0 saturated heterocycles. The Bertz CT molecular complexity index is 840. The third-order valence-electron chi connectivity index (χ3n) is 5.34. The lowest BCUT2D eigenvalue weighted by molar-refractivity contribution is 0.0737. The summed E-state index contributed by atoms with van der Waals surface area (Å²) in [5, 5.41) is 13.1. The molecule has 3 N–H and O–H groups in total. The SMILES string of the molecule is CC(C)(O)c1ccc(SNC(=O)Nc2c3c(cc4c2CCC4)CCC3)cn1. The van der Waals surface area contributed by atoms with Crippen molar-refractivity contribution in [2.24, 2.45) is 0 Å². The van der Waals surface area contributed by atoms with Gasteiger partial charge in [-0.2, -0.15) is 0 Å². The number of aliphatic hydroxyl groups is 1. The Balaban J connectivity index is 1.44. The van der Waals surface area contributed by atoms with E-state index < -0.39 is 5.60 Å². The van der Waals surface area contributed by atoms with Gasteiger partial charge in [-0.1, -0.05) is 6.07 Å². The molecule has 1 aromatic heterocycles. The smallest absolute Gasteiger partial charge is 0.329 e. The zero-order valence-electron chi connectivity index (χ0n) is 15.8. The summed E-state index contributed by atoms with van der Waals surface area (Å²) in [4.78, 5) is 17.6. The van der Waals surface area contributed by atoms with Gasteiger partial charge < -0.3 is 10.4 Å². The van der Waals surface area contributed by atoms with Crippen LogP contribution in [-0.4, -0.2) is 16.1 Å². The van der Waals surface area contributed by atoms with Crippen LogP contribution in [0.25, 0.3) is 0 Å². The number of amides is 2. The number of aryl methyl sites for hydroxylation is 2. The minimum atomic E-state index is -0.970. The maximum absolute atomic E-state index is 12.5. The number of carbonyl (C=O) groups is 1. The third kappa shape index (κ3) is 3.82. The number of hydrogen-bond donors (Lipinski definition) is 3. The van der Waals surface area contributed by atoms with Crippen molar-refractivity contribution >= 4 is 23.7 Å². The molecule has 0 bridgehead atoms. The monoisotopic (exact) mass is 383 g/mol. The van der Waals surface area contributed by atoms with E-state index in [0.717, 1.165) is 36.3 Å². The summed E-state index contributed by atoms with van der Waals surface area (Å²) in [5.41, 5.74) is 6.15. The van der Waals surface area contributed by atoms with Crippen LogP contribution in [0.15, 0.2) is 29.3 Å². The van der Waals surface area contributed by atoms with E-state index in [9.17, 15) is 9.90 Å². The number of nitrogens with zero attached hydrogens (tertiary/aromatic N) is 1. The molecule has 2 aliphatic carbocycles. The van der Waals surface area contributed by atoms with E-state index in [1.54, 1.807) is 26.1 Å². The van der Waals surface area contributed by atoms with E-state index in [0.29, 0.717) is 5.69 Å². The fraction of sp³-hybridized carbons (Fsp3) is 0.429. The Morgan fingerprint density at radius 1 is 1.11 bits per heavy atom. The predicted molar refractivity (Wildman–Crippen MR) is 108 cm³/mol. The topological polar surface area (TPSA) is 74.2 Å². The van der Waals surface area contributed by atoms with Gasteiger partial charge in [0.15, 0.2) is 0 Å². The average molecular weight is 384 g/mol. The highest BCUT2D eigenvalue weighted by molar-refractivity contribution is 7.98. The van der Waals surface area contributed by atoms with Crippen molar-refractivity contribution in [3.8, 4) is 0 Å². The van der Waals surface area contributed by atoms with E-state index in [1.165, 1.54) is 47.0 Å². The number of pyridine rings is 1. The average Bonchev–Trinajstić information content (AvgIpc) is 3.28. The lowest BCUT2D eigenvalue weighted by atomic mass is 9.99. The number of benzene rings is 1. The number of aromatic nitrogens is 1. The van der Waals surface area contributed by atoms with Crippen molar-refractivity contribution in [2.75, 3.05) is 5.32 Å². The summed E-state index contributed by atoms with van der Waals surface area (Å²) >= 11 is 1.23. The van der Waals surface area contributed by atoms with Crippen LogP contribution in [0.2, 0.25) is 0 Å². The molecule has 2 aliphatic rings. The molecule has 142 valence electrons. The largest absolute Gasteiger partial charge is 0.384 e. The van der Waals surface area contributed by atoms with Crippen LogP contribution in [0.5, 0.6) is 0 Å². The summed E-state index contributed by atoms with van der Waals surface area (Å²) in [6.07, 6.45) is 8.34. The summed E-state index contributed by atoms with van der Waals surface area (Å²) in [5.74, 6) is 0. The zero-order valence-corrected chi connectivity index (χ0v) is 16.6. The van der Waals surface area contributed by atoms with Crippen molar-refractivity contribution in [1.82, 2.24) is 9.71 Å². The molecule has 0 saturated carbocycles. The highest BCUT2D eigenvalue weighted by Crippen LogP contribution is 2.38. The van der Waals surface area contributed by atoms with Gasteiger partial charge in [0.2, 0.25) is 0 Å². The van der Waals surface area contributed by atoms with Crippen molar-refractivity contribution in [3.05, 3.63) is 52.3 Å². The molecule has 0 fully saturated rings. The lowest BCUT2D eigenvalue weighted by Gasteiger charge is -2.17. The fourth-order valence-corrected chi connectivity index (χ4v) is 4.52. The maximum Gasteiger partial charge on any atom is 0.329 e. The predicted octanol–water partition coefficient (Wildman–Crippen LogP) is 4.12. The minimum absolute atomic E-state index is 0.207. The van der Waals surface area contributed by atoms with Crippen molar-refractivity contribution < 1.29 is 9.90 Å². The second-order valence-electron chi connectivity index (χ2n) is 7.83. The first-order valence-corrected chi connectivity index (χ1v) is 10.3. The van der Waals surface area contributed by atoms with Gasteiger partial charge >= 0.3 is 6.03 Å². The van der Waals surface area contributed by atoms with Crippen LogP contribution in [0.4, 0.5) is 10.5 Å². The normalized spacial score (nSPS) is 15.4. The van der Waals surface area contributed by atoms with Crippen LogP contribution in [0.3, 0.4) is 0 Å². The Hall–Kier alpha value is -2.05. The molecule has 2 amide bonds. The van der Waals surface area contributed by atoms with Gasteiger partial charge in [0.25, 0.3) is 0 Å². The minimum Gasteiger partial charge on any atom is -0.384 e. The van der Waals surface area contributed by atoms with E-state index in [4.69, 9.17) is 0 Å². The molecular formula is C21H25N3O2S. The number of urea groups is 1. The van der Waals surface area contributed by atoms with Crippen LogP contribution >= 0.6 is 11.9 Å². The number of fused-ring (bicyclic) bond motifs is 2. The number of carbonyl (C=O) groups excluding carboxylic acids is 1. The summed E-state index contributed by atoms with van der Waals surface area (Å²) < 4.78 is 2.85. The third-order valence-corrected chi connectivity index (χ3v) is 6.10. The molecule has 4 rings (SSSR count). The highest BCUT2D eigenvalue weighted by Gasteiger charge is 2.25. The first-order valence-electron chi connectivity index (χ1n) is 9.51. The van der Waals surface area contributed by atoms with Gasteiger partial charge in [0, 0.05) is 16.8 Å². The van der Waals surface area contributed by atoms with Gasteiger partial charge in [-0.25, -0.2) is 4.79 Å². The van der Waals surface area contributed by atoms with Gasteiger partial charge in [-0.3, -0.25) is 9.71 Å². The molecular weight excluding hydrogens is 358 g/mol. The van der Waals surface area contributed by atoms with Crippen molar-refractivity contribution in [3.63, 3.8) is 0 Å². The second-order valence-corrected chi connectivity index (χ2v) is 8.71. The van der Waals surface area contributed by atoms with Crippen LogP contribution in [-0.2, 0) is 31.3 Å². The molecule has 0 atom stereocenters. The van der Waals surface area contributed by atoms with Gasteiger partial charge in [-0.15, -0.1) is 0 Å². The highest BCUT2D eigenvalue weighted by atomic mass is 32.2. The number of rotatable bonds is 4. The van der Waals surface area contributed by atoms with Gasteiger partial charge in [-0.05, 0) is 98.7 Å². The van der Waals surface area contributed by atoms with E-state index in [-0.39, 0.29) is 6.03 Å². The maximum atomic E-state index is 12.5. The molecule has 0 radical (unpaired) electrons. The molecule has 0 aliphatic heterocycles. The molecule has 0 unspecified atom stereocenters. The number of nitrogens with one attached hydrogen (secondary N) is 2. The lowest BCUT2D eigenvalue weighted by Crippen LogP contribution is -2.24. The quantitative estimate of drug-likeness (QED) is 0.695. The first-order chi connectivity index (χ1) is 12.9. The van der Waals surface area contributed by atoms with Gasteiger partial charge in [0.05, 0.1) is 5.69 Å². The van der Waals surface area contributed by atoms with E-state index in [2.05, 4.69) is 21.1 Å². The first kappa shape index (κ1) is 18.3.